The number of nitrogens with one attached hydrogen (secondary N) is 1. The number of fused-ring (bicyclic) bond motifs is 1. The third-order valence-electron chi connectivity index (χ3n) is 5.40. The summed E-state index contributed by atoms with van der Waals surface area (Å²) in [5.41, 5.74) is 8.44. The number of primary amides is 1. The van der Waals surface area contributed by atoms with Crippen LogP contribution in [0.2, 0.25) is 0 Å². The van der Waals surface area contributed by atoms with Gasteiger partial charge in [-0.2, -0.15) is 0 Å². The second kappa shape index (κ2) is 8.59. The van der Waals surface area contributed by atoms with Gasteiger partial charge in [-0.3, -0.25) is 9.79 Å². The van der Waals surface area contributed by atoms with Gasteiger partial charge in [-0.15, -0.1) is 0 Å². The third kappa shape index (κ3) is 4.51. The van der Waals surface area contributed by atoms with Gasteiger partial charge in [0.1, 0.15) is 16.5 Å². The number of rotatable bonds is 7. The van der Waals surface area contributed by atoms with Crippen LogP contribution in [-0.4, -0.2) is 47.4 Å². The van der Waals surface area contributed by atoms with Crippen molar-refractivity contribution in [2.24, 2.45) is 16.6 Å². The topological polar surface area (TPSA) is 128 Å². The third-order valence-corrected chi connectivity index (χ3v) is 7.84. The lowest BCUT2D eigenvalue weighted by Gasteiger charge is -2.13. The van der Waals surface area contributed by atoms with E-state index in [0.717, 1.165) is 39.9 Å². The number of carbonyl (C=O) groups is 1. The van der Waals surface area contributed by atoms with Gasteiger partial charge in [0.2, 0.25) is 5.91 Å². The zero-order chi connectivity index (χ0) is 23.0. The van der Waals surface area contributed by atoms with E-state index in [1.54, 1.807) is 17.8 Å². The van der Waals surface area contributed by atoms with E-state index in [-0.39, 0.29) is 22.1 Å². The van der Waals surface area contributed by atoms with Crippen molar-refractivity contribution in [3.05, 3.63) is 47.8 Å². The molecular formula is C22H24N4O4S2. The number of thioether (sulfide) groups is 1. The Morgan fingerprint density at radius 2 is 2.09 bits per heavy atom. The molecule has 0 spiro atoms. The first-order valence-electron chi connectivity index (χ1n) is 10.2. The van der Waals surface area contributed by atoms with Gasteiger partial charge >= 0.3 is 0 Å². The highest BCUT2D eigenvalue weighted by Crippen LogP contribution is 2.34. The maximum Gasteiger partial charge on any atom is 0.221 e. The summed E-state index contributed by atoms with van der Waals surface area (Å²) >= 11 is 1.57. The van der Waals surface area contributed by atoms with Crippen molar-refractivity contribution >= 4 is 43.5 Å². The van der Waals surface area contributed by atoms with E-state index in [0.29, 0.717) is 18.0 Å². The van der Waals surface area contributed by atoms with Crippen LogP contribution in [0.5, 0.6) is 11.5 Å². The van der Waals surface area contributed by atoms with Crippen molar-refractivity contribution in [3.63, 3.8) is 0 Å². The van der Waals surface area contributed by atoms with Crippen LogP contribution in [0.15, 0.2) is 46.5 Å². The molecule has 3 N–H and O–H groups in total. The second-order valence-corrected chi connectivity index (χ2v) is 11.0. The van der Waals surface area contributed by atoms with Crippen molar-refractivity contribution in [3.8, 4) is 11.5 Å². The van der Waals surface area contributed by atoms with Crippen LogP contribution in [0.25, 0.3) is 10.9 Å². The highest BCUT2D eigenvalue weighted by atomic mass is 32.2. The second-order valence-electron chi connectivity index (χ2n) is 7.78. The molecule has 2 atom stereocenters. The number of benzene rings is 1. The summed E-state index contributed by atoms with van der Waals surface area (Å²) in [6, 6.07) is 8.91. The number of aromatic nitrogens is 2. The standard InChI is InChI=1S/C22H24N4O4S2/c1-4-13-7-16(30-15-5-6-19(24-10-15)32(3,28)29)8-14-9-17(26-20(13)14)22-25-11-18(31-22)12(2)21(23)27/h5-10,12,18,26H,4,11H2,1-3H3,(H2,23,27). The van der Waals surface area contributed by atoms with Crippen LogP contribution in [-0.2, 0) is 21.1 Å². The normalized spacial score (nSPS) is 17.3. The number of aliphatic imine (C=N–C) groups is 1. The Kier molecular flexibility index (Phi) is 6.00. The summed E-state index contributed by atoms with van der Waals surface area (Å²) in [4.78, 5) is 23.6. The van der Waals surface area contributed by atoms with Gasteiger partial charge in [0.05, 0.1) is 18.4 Å². The molecule has 0 saturated carbocycles. The predicted molar refractivity (Wildman–Crippen MR) is 126 cm³/mol. The molecule has 2 unspecified atom stereocenters. The minimum Gasteiger partial charge on any atom is -0.456 e. The monoisotopic (exact) mass is 472 g/mol. The number of carbonyl (C=O) groups excluding carboxylic acids is 1. The molecule has 0 fully saturated rings. The van der Waals surface area contributed by atoms with Crippen LogP contribution in [0.4, 0.5) is 0 Å². The molecule has 32 heavy (non-hydrogen) atoms. The van der Waals surface area contributed by atoms with Crippen LogP contribution >= 0.6 is 11.8 Å². The fraction of sp³-hybridized carbons (Fsp3) is 0.318. The highest BCUT2D eigenvalue weighted by Gasteiger charge is 2.29. The van der Waals surface area contributed by atoms with E-state index < -0.39 is 9.84 Å². The zero-order valence-electron chi connectivity index (χ0n) is 18.0. The molecule has 0 bridgehead atoms. The van der Waals surface area contributed by atoms with Crippen molar-refractivity contribution in [1.82, 2.24) is 9.97 Å². The highest BCUT2D eigenvalue weighted by molar-refractivity contribution is 8.15. The number of hydrogen-bond donors (Lipinski definition) is 2. The SMILES string of the molecule is CCc1cc(Oc2ccc(S(C)(=O)=O)nc2)cc2cc(C3=NCC(C(C)C(N)=O)S3)[nH]c12. The number of aryl methyl sites for hydroxylation is 1. The van der Waals surface area contributed by atoms with E-state index in [9.17, 15) is 13.2 Å². The van der Waals surface area contributed by atoms with Gasteiger partial charge < -0.3 is 15.5 Å². The van der Waals surface area contributed by atoms with Crippen LogP contribution in [0.3, 0.4) is 0 Å². The van der Waals surface area contributed by atoms with E-state index in [4.69, 9.17) is 10.5 Å². The van der Waals surface area contributed by atoms with Crippen molar-refractivity contribution in [2.45, 2.75) is 30.5 Å². The van der Waals surface area contributed by atoms with Crippen molar-refractivity contribution in [2.75, 3.05) is 12.8 Å². The Balaban J connectivity index is 1.60. The summed E-state index contributed by atoms with van der Waals surface area (Å²) in [7, 11) is -3.36. The molecule has 1 aliphatic rings. The van der Waals surface area contributed by atoms with Gasteiger partial charge in [-0.1, -0.05) is 25.6 Å². The average molecular weight is 473 g/mol. The molecule has 0 radical (unpaired) electrons. The number of sulfone groups is 1. The Hall–Kier alpha value is -2.85. The first-order chi connectivity index (χ1) is 15.2. The molecule has 168 valence electrons. The van der Waals surface area contributed by atoms with Crippen LogP contribution < -0.4 is 10.5 Å². The van der Waals surface area contributed by atoms with Gasteiger partial charge in [-0.25, -0.2) is 13.4 Å². The Morgan fingerprint density at radius 3 is 2.72 bits per heavy atom. The molecule has 0 saturated heterocycles. The fourth-order valence-corrected chi connectivity index (χ4v) is 5.23. The lowest BCUT2D eigenvalue weighted by atomic mass is 10.1. The Morgan fingerprint density at radius 1 is 1.31 bits per heavy atom. The number of pyridine rings is 1. The average Bonchev–Trinajstić information content (AvgIpc) is 3.39. The first-order valence-corrected chi connectivity index (χ1v) is 12.9. The zero-order valence-corrected chi connectivity index (χ0v) is 19.6. The summed E-state index contributed by atoms with van der Waals surface area (Å²) in [6.07, 6.45) is 3.31. The summed E-state index contributed by atoms with van der Waals surface area (Å²) in [5.74, 6) is 0.521. The Bertz CT molecular complexity index is 1310. The van der Waals surface area contributed by atoms with Gasteiger partial charge in [-0.05, 0) is 42.3 Å². The van der Waals surface area contributed by atoms with Crippen LogP contribution in [0, 0.1) is 5.92 Å². The smallest absolute Gasteiger partial charge is 0.221 e. The molecule has 1 aliphatic heterocycles. The maximum absolute atomic E-state index is 11.6. The molecule has 8 nitrogen and oxygen atoms in total. The first kappa shape index (κ1) is 22.3. The molecule has 10 heteroatoms. The van der Waals surface area contributed by atoms with E-state index >= 15 is 0 Å². The predicted octanol–water partition coefficient (Wildman–Crippen LogP) is 3.30. The maximum atomic E-state index is 11.6. The number of nitrogens with zero attached hydrogens (tertiary/aromatic N) is 2. The number of amides is 1. The molecule has 3 aromatic rings. The lowest BCUT2D eigenvalue weighted by molar-refractivity contribution is -0.121. The largest absolute Gasteiger partial charge is 0.456 e. The van der Waals surface area contributed by atoms with Gasteiger partial charge in [0.25, 0.3) is 0 Å². The van der Waals surface area contributed by atoms with E-state index in [1.807, 2.05) is 25.1 Å². The molecule has 1 amide bonds. The van der Waals surface area contributed by atoms with E-state index in [1.165, 1.54) is 12.3 Å². The molecule has 1 aromatic carbocycles. The number of ether oxygens (including phenoxy) is 1. The summed E-state index contributed by atoms with van der Waals surface area (Å²) in [6.45, 7) is 4.46. The van der Waals surface area contributed by atoms with Gasteiger partial charge in [0, 0.05) is 28.3 Å². The van der Waals surface area contributed by atoms with Gasteiger partial charge in [0.15, 0.2) is 14.9 Å². The van der Waals surface area contributed by atoms with Crippen molar-refractivity contribution in [1.29, 1.82) is 0 Å². The number of aromatic amines is 1. The summed E-state index contributed by atoms with van der Waals surface area (Å²) in [5, 5.41) is 1.89. The number of nitrogens with two attached hydrogens (primary N) is 1. The minimum atomic E-state index is -3.36. The molecule has 0 aliphatic carbocycles. The van der Waals surface area contributed by atoms with E-state index in [2.05, 4.69) is 21.9 Å². The molecular weight excluding hydrogens is 448 g/mol. The lowest BCUT2D eigenvalue weighted by Crippen LogP contribution is -2.30. The fourth-order valence-electron chi connectivity index (χ4n) is 3.51. The van der Waals surface area contributed by atoms with Crippen molar-refractivity contribution < 1.29 is 17.9 Å². The number of hydrogen-bond acceptors (Lipinski definition) is 7. The molecule has 3 heterocycles. The summed E-state index contributed by atoms with van der Waals surface area (Å²) < 4.78 is 29.1. The number of H-pyrrole nitrogens is 1. The molecule has 2 aromatic heterocycles. The van der Waals surface area contributed by atoms with Crippen LogP contribution in [0.1, 0.15) is 25.1 Å². The quantitative estimate of drug-likeness (QED) is 0.543. The minimum absolute atomic E-state index is 0.00335. The molecule has 4 rings (SSSR count). The Labute approximate surface area is 190 Å².